The molecular formula is C26H20Cl4N2O6S3. The zero-order valence-electron chi connectivity index (χ0n) is 21.1. The van der Waals surface area contributed by atoms with Gasteiger partial charge in [-0.2, -0.15) is 3.71 Å². The van der Waals surface area contributed by atoms with Gasteiger partial charge in [-0.15, -0.1) is 0 Å². The lowest BCUT2D eigenvalue weighted by atomic mass is 10.2. The SMILES string of the molecule is Cc1ccc(S(=O)(=O)Nc2c(Cl)c(Cl)c(N(S(=O)(=O)c3ccccc3)S(=O)(=O)c3ccc(C)cc3)c(Cl)c2Cl)cc1. The number of benzene rings is 4. The average Bonchev–Trinajstić information content (AvgIpc) is 2.93. The van der Waals surface area contributed by atoms with Gasteiger partial charge < -0.3 is 0 Å². The molecule has 0 saturated carbocycles. The highest BCUT2D eigenvalue weighted by molar-refractivity contribution is 8.10. The van der Waals surface area contributed by atoms with Crippen LogP contribution in [0.1, 0.15) is 11.1 Å². The van der Waals surface area contributed by atoms with Crippen LogP contribution < -0.4 is 8.43 Å². The molecule has 1 N–H and O–H groups in total. The summed E-state index contributed by atoms with van der Waals surface area (Å²) in [5.41, 5.74) is 0.266. The molecule has 0 amide bonds. The highest BCUT2D eigenvalue weighted by Gasteiger charge is 2.41. The summed E-state index contributed by atoms with van der Waals surface area (Å²) in [4.78, 5) is -0.938. The Hall–Kier alpha value is -2.51. The van der Waals surface area contributed by atoms with Crippen molar-refractivity contribution < 1.29 is 25.3 Å². The van der Waals surface area contributed by atoms with Crippen molar-refractivity contribution >= 4 is 87.8 Å². The molecule has 0 aliphatic heterocycles. The van der Waals surface area contributed by atoms with Crippen LogP contribution in [-0.2, 0) is 30.1 Å². The molecule has 4 rings (SSSR count). The van der Waals surface area contributed by atoms with E-state index in [4.69, 9.17) is 46.4 Å². The van der Waals surface area contributed by atoms with Crippen molar-refractivity contribution in [2.24, 2.45) is 0 Å². The molecule has 0 radical (unpaired) electrons. The summed E-state index contributed by atoms with van der Waals surface area (Å²) >= 11 is 25.9. The Balaban J connectivity index is 1.98. The van der Waals surface area contributed by atoms with Crippen LogP contribution >= 0.6 is 46.4 Å². The lowest BCUT2D eigenvalue weighted by molar-refractivity contribution is 0.584. The maximum absolute atomic E-state index is 13.9. The van der Waals surface area contributed by atoms with Gasteiger partial charge in [0.1, 0.15) is 5.69 Å². The van der Waals surface area contributed by atoms with Gasteiger partial charge >= 0.3 is 0 Å². The minimum absolute atomic E-state index is 0.0423. The number of hydrogen-bond donors (Lipinski definition) is 1. The summed E-state index contributed by atoms with van der Waals surface area (Å²) in [5.74, 6) is 0. The fourth-order valence-electron chi connectivity index (χ4n) is 3.64. The molecule has 0 bridgehead atoms. The van der Waals surface area contributed by atoms with E-state index in [9.17, 15) is 25.3 Å². The lowest BCUT2D eigenvalue weighted by Gasteiger charge is -2.27. The van der Waals surface area contributed by atoms with Gasteiger partial charge in [0.05, 0.1) is 40.5 Å². The van der Waals surface area contributed by atoms with Crippen molar-refractivity contribution in [3.05, 3.63) is 110 Å². The van der Waals surface area contributed by atoms with Crippen LogP contribution in [0.4, 0.5) is 11.4 Å². The monoisotopic (exact) mass is 692 g/mol. The molecule has 0 aliphatic rings. The lowest BCUT2D eigenvalue weighted by Crippen LogP contribution is -2.37. The molecule has 4 aromatic rings. The number of sulfonamides is 3. The van der Waals surface area contributed by atoms with Crippen molar-refractivity contribution in [1.29, 1.82) is 0 Å². The average molecular weight is 694 g/mol. The Morgan fingerprint density at radius 2 is 0.927 bits per heavy atom. The number of nitrogens with one attached hydrogen (secondary N) is 1. The maximum atomic E-state index is 13.9. The van der Waals surface area contributed by atoms with Crippen LogP contribution in [0, 0.1) is 13.8 Å². The smallest absolute Gasteiger partial charge is 0.276 e. The van der Waals surface area contributed by atoms with Gasteiger partial charge in [0, 0.05) is 0 Å². The van der Waals surface area contributed by atoms with Crippen LogP contribution in [0.25, 0.3) is 0 Å². The molecule has 0 fully saturated rings. The minimum Gasteiger partial charge on any atom is -0.276 e. The Kier molecular flexibility index (Phi) is 8.92. The van der Waals surface area contributed by atoms with Crippen molar-refractivity contribution in [3.8, 4) is 0 Å². The van der Waals surface area contributed by atoms with Crippen molar-refractivity contribution in [1.82, 2.24) is 0 Å². The molecular weight excluding hydrogens is 674 g/mol. The second-order valence-corrected chi connectivity index (χ2v) is 15.7. The first-order chi connectivity index (χ1) is 19.1. The zero-order valence-corrected chi connectivity index (χ0v) is 26.6. The molecule has 0 saturated heterocycles. The molecule has 4 aromatic carbocycles. The van der Waals surface area contributed by atoms with Gasteiger partial charge in [0.25, 0.3) is 30.1 Å². The standard InChI is InChI=1S/C26H20Cl4N2O6S3/c1-16-8-12-18(13-9-16)39(33,34)31-25-21(27)23(29)26(24(30)22(25)28)32(40(35,36)19-6-4-3-5-7-19)41(37,38)20-14-10-17(2)11-15-20/h3-15,31H,1-2H3. The van der Waals surface area contributed by atoms with E-state index in [2.05, 4.69) is 4.72 Å². The summed E-state index contributed by atoms with van der Waals surface area (Å²) in [6.07, 6.45) is 0. The first-order valence-electron chi connectivity index (χ1n) is 11.5. The van der Waals surface area contributed by atoms with Gasteiger partial charge in [-0.25, -0.2) is 25.3 Å². The summed E-state index contributed by atoms with van der Waals surface area (Å²) in [5, 5.41) is -2.53. The van der Waals surface area contributed by atoms with Gasteiger partial charge in [-0.05, 0) is 50.2 Å². The fraction of sp³-hybridized carbons (Fsp3) is 0.0769. The zero-order chi connectivity index (χ0) is 30.3. The van der Waals surface area contributed by atoms with Crippen LogP contribution in [0.15, 0.2) is 93.5 Å². The molecule has 0 spiro atoms. The van der Waals surface area contributed by atoms with E-state index in [0.29, 0.717) is 5.56 Å². The first-order valence-corrected chi connectivity index (χ1v) is 17.3. The molecule has 0 atom stereocenters. The third-order valence-corrected chi connectivity index (χ3v) is 13.0. The maximum Gasteiger partial charge on any atom is 0.277 e. The molecule has 41 heavy (non-hydrogen) atoms. The summed E-state index contributed by atoms with van der Waals surface area (Å²) < 4.78 is 84.1. The van der Waals surface area contributed by atoms with Gasteiger partial charge in [0.2, 0.25) is 0 Å². The van der Waals surface area contributed by atoms with E-state index in [-0.39, 0.29) is 8.61 Å². The van der Waals surface area contributed by atoms with Crippen LogP contribution in [0.3, 0.4) is 0 Å². The Morgan fingerprint density at radius 3 is 1.37 bits per heavy atom. The molecule has 0 aliphatic carbocycles. The molecule has 8 nitrogen and oxygen atoms in total. The fourth-order valence-corrected chi connectivity index (χ4v) is 9.91. The van der Waals surface area contributed by atoms with Gasteiger partial charge in [-0.3, -0.25) is 4.72 Å². The number of rotatable bonds is 8. The summed E-state index contributed by atoms with van der Waals surface area (Å²) in [6, 6.07) is 17.9. The number of aryl methyl sites for hydroxylation is 2. The molecule has 0 heterocycles. The highest BCUT2D eigenvalue weighted by Crippen LogP contribution is 2.51. The first kappa shape index (κ1) is 31.4. The minimum atomic E-state index is -4.93. The molecule has 216 valence electrons. The molecule has 0 aromatic heterocycles. The van der Waals surface area contributed by atoms with Crippen molar-refractivity contribution in [2.45, 2.75) is 28.5 Å². The summed E-state index contributed by atoms with van der Waals surface area (Å²) in [6.45, 7) is 3.49. The second-order valence-electron chi connectivity index (χ2n) is 8.73. The Labute approximate surface area is 258 Å². The van der Waals surface area contributed by atoms with E-state index >= 15 is 0 Å². The topological polar surface area (TPSA) is 118 Å². The normalized spacial score (nSPS) is 12.2. The number of anilines is 2. The largest absolute Gasteiger partial charge is 0.277 e. The van der Waals surface area contributed by atoms with E-state index in [1.165, 1.54) is 60.7 Å². The quantitative estimate of drug-likeness (QED) is 0.194. The van der Waals surface area contributed by atoms with Crippen LogP contribution in [0.5, 0.6) is 0 Å². The number of nitrogens with zero attached hydrogens (tertiary/aromatic N) is 1. The number of halogens is 4. The van der Waals surface area contributed by atoms with Crippen LogP contribution in [-0.4, -0.2) is 25.3 Å². The van der Waals surface area contributed by atoms with Gasteiger partial charge in [-0.1, -0.05) is 100.0 Å². The number of hydrogen-bond acceptors (Lipinski definition) is 6. The van der Waals surface area contributed by atoms with Gasteiger partial charge in [0.15, 0.2) is 0 Å². The van der Waals surface area contributed by atoms with Crippen molar-refractivity contribution in [3.63, 3.8) is 0 Å². The van der Waals surface area contributed by atoms with E-state index in [1.54, 1.807) is 32.0 Å². The Morgan fingerprint density at radius 1 is 0.537 bits per heavy atom. The second kappa shape index (κ2) is 11.6. The molecule has 15 heteroatoms. The predicted molar refractivity (Wildman–Crippen MR) is 163 cm³/mol. The van der Waals surface area contributed by atoms with E-state index in [0.717, 1.165) is 5.56 Å². The van der Waals surface area contributed by atoms with E-state index in [1.807, 2.05) is 0 Å². The highest BCUT2D eigenvalue weighted by atomic mass is 35.5. The third kappa shape index (κ3) is 6.03. The third-order valence-electron chi connectivity index (χ3n) is 5.79. The van der Waals surface area contributed by atoms with Crippen molar-refractivity contribution in [2.75, 3.05) is 8.43 Å². The van der Waals surface area contributed by atoms with E-state index < -0.39 is 71.3 Å². The van der Waals surface area contributed by atoms with Crippen LogP contribution in [0.2, 0.25) is 20.1 Å². The molecule has 0 unspecified atom stereocenters. The predicted octanol–water partition coefficient (Wildman–Crippen LogP) is 7.30. The Bertz CT molecular complexity index is 1920. The summed E-state index contributed by atoms with van der Waals surface area (Å²) in [7, 11) is -14.1.